The summed E-state index contributed by atoms with van der Waals surface area (Å²) in [7, 11) is 0. The predicted molar refractivity (Wildman–Crippen MR) is 65.6 cm³/mol. The molecule has 1 heterocycles. The average molecular weight is 261 g/mol. The van der Waals surface area contributed by atoms with Crippen molar-refractivity contribution in [1.82, 2.24) is 4.98 Å². The van der Waals surface area contributed by atoms with Crippen molar-refractivity contribution in [2.24, 2.45) is 4.99 Å². The zero-order chi connectivity index (χ0) is 10.5. The number of benzene rings is 1. The van der Waals surface area contributed by atoms with E-state index in [1.54, 1.807) is 6.21 Å². The van der Waals surface area contributed by atoms with Crippen LogP contribution in [0.1, 0.15) is 5.69 Å². The summed E-state index contributed by atoms with van der Waals surface area (Å²) in [6.07, 6.45) is 1.75. The van der Waals surface area contributed by atoms with Gasteiger partial charge in [0.2, 0.25) is 0 Å². The number of para-hydroxylation sites is 1. The fourth-order valence-corrected chi connectivity index (χ4v) is 1.51. The van der Waals surface area contributed by atoms with Crippen LogP contribution in [-0.2, 0) is 0 Å². The highest BCUT2D eigenvalue weighted by Gasteiger charge is 1.90. The first-order valence-electron chi connectivity index (χ1n) is 4.56. The molecule has 0 fully saturated rings. The fourth-order valence-electron chi connectivity index (χ4n) is 1.15. The molecule has 0 unspecified atom stereocenters. The average Bonchev–Trinajstić information content (AvgIpc) is 2.28. The van der Waals surface area contributed by atoms with Gasteiger partial charge in [-0.05, 0) is 40.2 Å². The van der Waals surface area contributed by atoms with E-state index < -0.39 is 0 Å². The zero-order valence-electron chi connectivity index (χ0n) is 7.97. The van der Waals surface area contributed by atoms with E-state index in [0.29, 0.717) is 0 Å². The quantitative estimate of drug-likeness (QED) is 0.599. The number of pyridine rings is 1. The highest BCUT2D eigenvalue weighted by molar-refractivity contribution is 9.10. The lowest BCUT2D eigenvalue weighted by atomic mass is 10.3. The van der Waals surface area contributed by atoms with Crippen LogP contribution < -0.4 is 0 Å². The highest BCUT2D eigenvalue weighted by atomic mass is 79.9. The minimum Gasteiger partial charge on any atom is -0.255 e. The summed E-state index contributed by atoms with van der Waals surface area (Å²) in [6.45, 7) is 0. The first kappa shape index (κ1) is 10.1. The van der Waals surface area contributed by atoms with Crippen LogP contribution in [0.3, 0.4) is 0 Å². The Morgan fingerprint density at radius 2 is 1.80 bits per heavy atom. The van der Waals surface area contributed by atoms with Gasteiger partial charge in [-0.2, -0.15) is 0 Å². The minimum atomic E-state index is 0.819. The van der Waals surface area contributed by atoms with Gasteiger partial charge in [0.15, 0.2) is 0 Å². The molecule has 0 bridgehead atoms. The topological polar surface area (TPSA) is 25.2 Å². The van der Waals surface area contributed by atoms with E-state index in [2.05, 4.69) is 25.9 Å². The molecule has 0 saturated heterocycles. The van der Waals surface area contributed by atoms with Crippen molar-refractivity contribution >= 4 is 27.8 Å². The van der Waals surface area contributed by atoms with Crippen molar-refractivity contribution in [3.8, 4) is 0 Å². The Morgan fingerprint density at radius 1 is 1.00 bits per heavy atom. The standard InChI is InChI=1S/C12H9BrN2/c13-12-8-4-7-11(15-12)9-14-10-5-2-1-3-6-10/h1-9H. The molecule has 2 nitrogen and oxygen atoms in total. The zero-order valence-corrected chi connectivity index (χ0v) is 9.55. The van der Waals surface area contributed by atoms with E-state index >= 15 is 0 Å². The summed E-state index contributed by atoms with van der Waals surface area (Å²) < 4.78 is 0.819. The molecular formula is C12H9BrN2. The second-order valence-electron chi connectivity index (χ2n) is 2.98. The number of aromatic nitrogens is 1. The van der Waals surface area contributed by atoms with Gasteiger partial charge in [-0.1, -0.05) is 24.3 Å². The number of hydrogen-bond acceptors (Lipinski definition) is 2. The third-order valence-electron chi connectivity index (χ3n) is 1.84. The smallest absolute Gasteiger partial charge is 0.106 e. The van der Waals surface area contributed by atoms with E-state index in [4.69, 9.17) is 0 Å². The largest absolute Gasteiger partial charge is 0.255 e. The normalized spacial score (nSPS) is 10.7. The maximum Gasteiger partial charge on any atom is 0.106 e. The predicted octanol–water partition coefficient (Wildman–Crippen LogP) is 3.59. The highest BCUT2D eigenvalue weighted by Crippen LogP contribution is 2.10. The van der Waals surface area contributed by atoms with Crippen molar-refractivity contribution in [2.45, 2.75) is 0 Å². The first-order valence-corrected chi connectivity index (χ1v) is 5.35. The molecule has 0 atom stereocenters. The molecule has 0 amide bonds. The van der Waals surface area contributed by atoms with Crippen molar-refractivity contribution in [1.29, 1.82) is 0 Å². The Bertz CT molecular complexity index is 466. The van der Waals surface area contributed by atoms with Gasteiger partial charge in [-0.25, -0.2) is 4.98 Å². The van der Waals surface area contributed by atoms with Crippen LogP contribution in [0.4, 0.5) is 5.69 Å². The second-order valence-corrected chi connectivity index (χ2v) is 3.79. The van der Waals surface area contributed by atoms with Crippen molar-refractivity contribution in [3.63, 3.8) is 0 Å². The molecule has 0 saturated carbocycles. The van der Waals surface area contributed by atoms with Crippen LogP contribution in [0.2, 0.25) is 0 Å². The van der Waals surface area contributed by atoms with Crippen LogP contribution in [0.15, 0.2) is 58.1 Å². The number of hydrogen-bond donors (Lipinski definition) is 0. The molecule has 1 aromatic carbocycles. The Hall–Kier alpha value is -1.48. The van der Waals surface area contributed by atoms with E-state index in [1.807, 2.05) is 48.5 Å². The van der Waals surface area contributed by atoms with Gasteiger partial charge in [-0.15, -0.1) is 0 Å². The van der Waals surface area contributed by atoms with Crippen LogP contribution in [0.5, 0.6) is 0 Å². The Kier molecular flexibility index (Phi) is 3.25. The SMILES string of the molecule is Brc1cccc(C=Nc2ccccc2)n1. The van der Waals surface area contributed by atoms with Crippen molar-refractivity contribution in [2.75, 3.05) is 0 Å². The molecule has 0 aliphatic heterocycles. The summed E-state index contributed by atoms with van der Waals surface area (Å²) in [5, 5.41) is 0. The van der Waals surface area contributed by atoms with E-state index in [1.165, 1.54) is 0 Å². The van der Waals surface area contributed by atoms with Gasteiger partial charge in [-0.3, -0.25) is 4.99 Å². The molecular weight excluding hydrogens is 252 g/mol. The third-order valence-corrected chi connectivity index (χ3v) is 2.28. The molecule has 0 spiro atoms. The molecule has 0 aliphatic carbocycles. The minimum absolute atomic E-state index is 0.819. The third kappa shape index (κ3) is 2.99. The first-order chi connectivity index (χ1) is 7.34. The molecule has 0 N–H and O–H groups in total. The van der Waals surface area contributed by atoms with Gasteiger partial charge in [0.25, 0.3) is 0 Å². The molecule has 15 heavy (non-hydrogen) atoms. The van der Waals surface area contributed by atoms with Crippen molar-refractivity contribution in [3.05, 3.63) is 58.8 Å². The van der Waals surface area contributed by atoms with Crippen LogP contribution in [-0.4, -0.2) is 11.2 Å². The summed E-state index contributed by atoms with van der Waals surface area (Å²) in [5.74, 6) is 0. The van der Waals surface area contributed by atoms with Gasteiger partial charge in [0, 0.05) is 0 Å². The molecule has 2 aromatic rings. The molecule has 2 rings (SSSR count). The summed E-state index contributed by atoms with van der Waals surface area (Å²) in [4.78, 5) is 8.56. The molecule has 1 aromatic heterocycles. The molecule has 0 radical (unpaired) electrons. The lowest BCUT2D eigenvalue weighted by Gasteiger charge is -1.93. The van der Waals surface area contributed by atoms with Gasteiger partial charge < -0.3 is 0 Å². The van der Waals surface area contributed by atoms with Gasteiger partial charge in [0.1, 0.15) is 4.60 Å². The Morgan fingerprint density at radius 3 is 2.53 bits per heavy atom. The summed E-state index contributed by atoms with van der Waals surface area (Å²) >= 11 is 3.32. The number of rotatable bonds is 2. The lowest BCUT2D eigenvalue weighted by Crippen LogP contribution is -1.86. The lowest BCUT2D eigenvalue weighted by molar-refractivity contribution is 1.25. The summed E-state index contributed by atoms with van der Waals surface area (Å²) in [5.41, 5.74) is 1.77. The van der Waals surface area contributed by atoms with E-state index in [0.717, 1.165) is 16.0 Å². The maximum absolute atomic E-state index is 4.31. The molecule has 3 heteroatoms. The second kappa shape index (κ2) is 4.84. The fraction of sp³-hybridized carbons (Fsp3) is 0. The van der Waals surface area contributed by atoms with Gasteiger partial charge in [0.05, 0.1) is 17.6 Å². The van der Waals surface area contributed by atoms with Crippen molar-refractivity contribution < 1.29 is 0 Å². The van der Waals surface area contributed by atoms with Crippen LogP contribution in [0, 0.1) is 0 Å². The molecule has 0 aliphatic rings. The monoisotopic (exact) mass is 260 g/mol. The molecule has 74 valence electrons. The summed E-state index contributed by atoms with van der Waals surface area (Å²) in [6, 6.07) is 15.5. The number of nitrogens with zero attached hydrogens (tertiary/aromatic N) is 2. The van der Waals surface area contributed by atoms with Crippen LogP contribution in [0.25, 0.3) is 0 Å². The maximum atomic E-state index is 4.31. The van der Waals surface area contributed by atoms with Crippen LogP contribution >= 0.6 is 15.9 Å². The van der Waals surface area contributed by atoms with E-state index in [-0.39, 0.29) is 0 Å². The number of aliphatic imine (C=N–C) groups is 1. The van der Waals surface area contributed by atoms with E-state index in [9.17, 15) is 0 Å². The van der Waals surface area contributed by atoms with Gasteiger partial charge >= 0.3 is 0 Å². The Labute approximate surface area is 96.8 Å². The number of halogens is 1. The Balaban J connectivity index is 2.19.